The summed E-state index contributed by atoms with van der Waals surface area (Å²) in [5.74, 6) is -0.413. The van der Waals surface area contributed by atoms with Gasteiger partial charge in [-0.3, -0.25) is 24.1 Å². The van der Waals surface area contributed by atoms with Crippen molar-refractivity contribution in [1.82, 2.24) is 34.5 Å². The number of carbonyl (C=O) groups is 1. The van der Waals surface area contributed by atoms with Crippen molar-refractivity contribution in [1.29, 1.82) is 0 Å². The molecule has 14 heteroatoms. The molecule has 1 aliphatic rings. The predicted octanol–water partition coefficient (Wildman–Crippen LogP) is 5.97. The number of rotatable bonds is 3. The van der Waals surface area contributed by atoms with Crippen molar-refractivity contribution in [3.63, 3.8) is 0 Å². The summed E-state index contributed by atoms with van der Waals surface area (Å²) < 4.78 is 42.0. The molecule has 6 rings (SSSR count). The normalized spacial score (nSPS) is 17.2. The summed E-state index contributed by atoms with van der Waals surface area (Å²) in [5.41, 5.74) is 1.97. The highest BCUT2D eigenvalue weighted by atomic mass is 35.5. The minimum absolute atomic E-state index is 0.129. The second-order valence-electron chi connectivity index (χ2n) is 10.5. The van der Waals surface area contributed by atoms with Crippen LogP contribution in [0.4, 0.5) is 18.9 Å². The zero-order valence-corrected chi connectivity index (χ0v) is 23.9. The number of alkyl halides is 3. The average molecular weight is 621 g/mol. The minimum atomic E-state index is -4.68. The second-order valence-corrected chi connectivity index (χ2v) is 10.9. The van der Waals surface area contributed by atoms with Crippen LogP contribution in [0.15, 0.2) is 78.5 Å². The molecule has 1 amide bonds. The molecule has 0 saturated heterocycles. The number of nitrogens with zero attached hydrogens (tertiary/aromatic N) is 7. The van der Waals surface area contributed by atoms with Crippen molar-refractivity contribution in [3.05, 3.63) is 100 Å². The number of benzene rings is 1. The molecule has 0 fully saturated rings. The van der Waals surface area contributed by atoms with E-state index >= 15 is 0 Å². The van der Waals surface area contributed by atoms with Gasteiger partial charge in [0.1, 0.15) is 0 Å². The van der Waals surface area contributed by atoms with Crippen LogP contribution in [0.1, 0.15) is 43.5 Å². The molecule has 1 aromatic carbocycles. The highest BCUT2D eigenvalue weighted by Gasteiger charge is 2.35. The van der Waals surface area contributed by atoms with Crippen LogP contribution in [0.25, 0.3) is 28.1 Å². The molecule has 0 spiro atoms. The maximum atomic E-state index is 13.7. The van der Waals surface area contributed by atoms with E-state index in [0.29, 0.717) is 35.5 Å². The van der Waals surface area contributed by atoms with Crippen LogP contribution in [0.2, 0.25) is 5.02 Å². The summed E-state index contributed by atoms with van der Waals surface area (Å²) in [7, 11) is 0. The van der Waals surface area contributed by atoms with Gasteiger partial charge in [-0.15, -0.1) is 5.10 Å². The fourth-order valence-corrected chi connectivity index (χ4v) is 5.39. The Morgan fingerprint density at radius 3 is 2.61 bits per heavy atom. The van der Waals surface area contributed by atoms with Crippen LogP contribution in [-0.4, -0.2) is 40.4 Å². The summed E-state index contributed by atoms with van der Waals surface area (Å²) in [5, 5.41) is 10.1. The van der Waals surface area contributed by atoms with E-state index in [-0.39, 0.29) is 23.2 Å². The van der Waals surface area contributed by atoms with Crippen LogP contribution < -0.4 is 10.9 Å². The van der Waals surface area contributed by atoms with E-state index in [9.17, 15) is 22.8 Å². The first-order chi connectivity index (χ1) is 21.1. The third-order valence-corrected chi connectivity index (χ3v) is 7.77. The number of hydrogen-bond donors (Lipinski definition) is 1. The van der Waals surface area contributed by atoms with Gasteiger partial charge in [0.15, 0.2) is 5.69 Å². The summed E-state index contributed by atoms with van der Waals surface area (Å²) in [4.78, 5) is 39.7. The maximum Gasteiger partial charge on any atom is 0.436 e. The fraction of sp³-hybridized carbons (Fsp3) is 0.233. The molecular formula is C30H24ClF3N8O2. The van der Waals surface area contributed by atoms with Crippen molar-refractivity contribution in [3.8, 4) is 28.1 Å². The smallest absolute Gasteiger partial charge is 0.324 e. The maximum absolute atomic E-state index is 13.7. The monoisotopic (exact) mass is 620 g/mol. The molecule has 5 heterocycles. The lowest BCUT2D eigenvalue weighted by atomic mass is 9.94. The molecule has 0 aliphatic carbocycles. The number of amides is 1. The molecule has 1 unspecified atom stereocenters. The van der Waals surface area contributed by atoms with E-state index in [0.717, 1.165) is 27.6 Å². The lowest BCUT2D eigenvalue weighted by Crippen LogP contribution is -2.26. The molecular weight excluding hydrogens is 597 g/mol. The van der Waals surface area contributed by atoms with E-state index < -0.39 is 23.5 Å². The predicted molar refractivity (Wildman–Crippen MR) is 156 cm³/mol. The Kier molecular flexibility index (Phi) is 7.72. The van der Waals surface area contributed by atoms with Crippen LogP contribution in [0.5, 0.6) is 0 Å². The van der Waals surface area contributed by atoms with Crippen molar-refractivity contribution < 1.29 is 18.0 Å². The Bertz CT molecular complexity index is 1920. The number of halogens is 4. The first-order valence-corrected chi connectivity index (χ1v) is 14.0. The van der Waals surface area contributed by atoms with E-state index in [4.69, 9.17) is 11.6 Å². The van der Waals surface area contributed by atoms with Crippen molar-refractivity contribution >= 4 is 23.2 Å². The van der Waals surface area contributed by atoms with Gasteiger partial charge >= 0.3 is 6.18 Å². The third-order valence-electron chi connectivity index (χ3n) is 7.53. The van der Waals surface area contributed by atoms with Crippen LogP contribution >= 0.6 is 11.6 Å². The number of fused-ring (bicyclic) bond motifs is 4. The standard InChI is InChI=1S/C30H24ClF3N8O2/c1-17-3-2-4-25(19-9-18(12-36-13-19)21-7-8-35-14-24(21)38-29(17)44)41-16-37-23(11-28(41)43)22-10-20(31)5-6-26(22)42-15-27(39-40-42)30(32,33)34/h5-17,25H,2-4H2,1H3,(H,38,44)/t17?,25-/m0/s1. The number of hydrogen-bond acceptors (Lipinski definition) is 7. The molecule has 0 saturated carbocycles. The number of aromatic nitrogens is 7. The first kappa shape index (κ1) is 29.2. The average Bonchev–Trinajstić information content (AvgIpc) is 3.51. The van der Waals surface area contributed by atoms with Crippen LogP contribution in [0.3, 0.4) is 0 Å². The van der Waals surface area contributed by atoms with Gasteiger partial charge in [0.05, 0.1) is 41.8 Å². The summed E-state index contributed by atoms with van der Waals surface area (Å²) >= 11 is 6.23. The molecule has 224 valence electrons. The highest BCUT2D eigenvalue weighted by Crippen LogP contribution is 2.34. The van der Waals surface area contributed by atoms with Gasteiger partial charge in [-0.05, 0) is 48.7 Å². The van der Waals surface area contributed by atoms with E-state index in [1.54, 1.807) is 30.9 Å². The number of nitrogens with one attached hydrogen (secondary N) is 1. The SMILES string of the molecule is CC1CCC[C@H](n2cnc(-c3cc(Cl)ccc3-n3cc(C(F)(F)F)nn3)cc2=O)c2cncc(c2)-c2ccncc2NC1=O. The van der Waals surface area contributed by atoms with Crippen molar-refractivity contribution in [2.45, 2.75) is 38.4 Å². The number of anilines is 1. The molecule has 0 radical (unpaired) electrons. The van der Waals surface area contributed by atoms with E-state index in [1.807, 2.05) is 13.0 Å². The third kappa shape index (κ3) is 5.82. The Labute approximate surface area is 253 Å². The Morgan fingerprint density at radius 2 is 1.84 bits per heavy atom. The van der Waals surface area contributed by atoms with Gasteiger partial charge in [-0.1, -0.05) is 30.2 Å². The molecule has 1 N–H and O–H groups in total. The second kappa shape index (κ2) is 11.6. The summed E-state index contributed by atoms with van der Waals surface area (Å²) in [6.07, 6.45) is 5.82. The molecule has 44 heavy (non-hydrogen) atoms. The fourth-order valence-electron chi connectivity index (χ4n) is 5.22. The molecule has 10 nitrogen and oxygen atoms in total. The van der Waals surface area contributed by atoms with Gasteiger partial charge in [0, 0.05) is 52.3 Å². The number of pyridine rings is 2. The lowest BCUT2D eigenvalue weighted by Gasteiger charge is -2.23. The first-order valence-electron chi connectivity index (χ1n) is 13.7. The lowest BCUT2D eigenvalue weighted by molar-refractivity contribution is -0.141. The molecule has 1 aliphatic heterocycles. The van der Waals surface area contributed by atoms with E-state index in [2.05, 4.69) is 30.6 Å². The quantitative estimate of drug-likeness (QED) is 0.264. The Hall–Kier alpha value is -4.91. The van der Waals surface area contributed by atoms with Gasteiger partial charge in [0.2, 0.25) is 5.91 Å². The largest absolute Gasteiger partial charge is 0.436 e. The topological polar surface area (TPSA) is 120 Å². The molecule has 2 atom stereocenters. The Morgan fingerprint density at radius 1 is 1.00 bits per heavy atom. The zero-order chi connectivity index (χ0) is 31.0. The minimum Gasteiger partial charge on any atom is -0.324 e. The number of carbonyl (C=O) groups excluding carboxylic acids is 1. The van der Waals surface area contributed by atoms with Gasteiger partial charge in [-0.25, -0.2) is 9.67 Å². The highest BCUT2D eigenvalue weighted by molar-refractivity contribution is 6.31. The van der Waals surface area contributed by atoms with E-state index in [1.165, 1.54) is 35.2 Å². The molecule has 2 bridgehead atoms. The molecule has 5 aromatic rings. The van der Waals surface area contributed by atoms with Gasteiger partial charge in [-0.2, -0.15) is 13.2 Å². The van der Waals surface area contributed by atoms with Crippen LogP contribution in [-0.2, 0) is 11.0 Å². The van der Waals surface area contributed by atoms with Gasteiger partial charge < -0.3 is 5.32 Å². The van der Waals surface area contributed by atoms with Crippen molar-refractivity contribution in [2.75, 3.05) is 5.32 Å². The molecule has 4 aromatic heterocycles. The Balaban J connectivity index is 1.42. The zero-order valence-electron chi connectivity index (χ0n) is 23.2. The summed E-state index contributed by atoms with van der Waals surface area (Å²) in [6, 6.07) is 9.04. The summed E-state index contributed by atoms with van der Waals surface area (Å²) in [6.45, 7) is 1.85. The van der Waals surface area contributed by atoms with Gasteiger partial charge in [0.25, 0.3) is 5.56 Å². The van der Waals surface area contributed by atoms with Crippen molar-refractivity contribution in [2.24, 2.45) is 5.92 Å². The van der Waals surface area contributed by atoms with Crippen LogP contribution in [0, 0.1) is 5.92 Å².